The van der Waals surface area contributed by atoms with Crippen molar-refractivity contribution in [1.82, 2.24) is 15.1 Å². The molecular formula is C14H29N3. The first-order chi connectivity index (χ1) is 8.25. The highest BCUT2D eigenvalue weighted by atomic mass is 15.2. The van der Waals surface area contributed by atoms with Gasteiger partial charge in [-0.2, -0.15) is 0 Å². The van der Waals surface area contributed by atoms with Gasteiger partial charge in [0.1, 0.15) is 0 Å². The largest absolute Gasteiger partial charge is 0.317 e. The Bertz CT molecular complexity index is 212. The first kappa shape index (κ1) is 13.3. The highest BCUT2D eigenvalue weighted by molar-refractivity contribution is 4.82. The second-order valence-corrected chi connectivity index (χ2v) is 6.08. The Balaban J connectivity index is 1.69. The summed E-state index contributed by atoms with van der Waals surface area (Å²) < 4.78 is 0. The van der Waals surface area contributed by atoms with E-state index in [0.717, 1.165) is 12.0 Å². The van der Waals surface area contributed by atoms with Gasteiger partial charge in [-0.1, -0.05) is 0 Å². The molecule has 17 heavy (non-hydrogen) atoms. The predicted octanol–water partition coefficient (Wildman–Crippen LogP) is 1.40. The summed E-state index contributed by atoms with van der Waals surface area (Å²) in [6.45, 7) is 6.40. The number of rotatable bonds is 5. The van der Waals surface area contributed by atoms with Crippen LogP contribution < -0.4 is 5.32 Å². The molecule has 1 unspecified atom stereocenters. The van der Waals surface area contributed by atoms with Crippen LogP contribution in [0.3, 0.4) is 0 Å². The van der Waals surface area contributed by atoms with E-state index in [1.165, 1.54) is 64.8 Å². The zero-order valence-electron chi connectivity index (χ0n) is 11.6. The van der Waals surface area contributed by atoms with E-state index in [9.17, 15) is 0 Å². The fourth-order valence-electron chi connectivity index (χ4n) is 3.34. The van der Waals surface area contributed by atoms with Crippen molar-refractivity contribution >= 4 is 0 Å². The van der Waals surface area contributed by atoms with Gasteiger partial charge >= 0.3 is 0 Å². The Hall–Kier alpha value is -0.120. The molecule has 3 nitrogen and oxygen atoms in total. The van der Waals surface area contributed by atoms with Crippen molar-refractivity contribution in [2.24, 2.45) is 5.92 Å². The van der Waals surface area contributed by atoms with Gasteiger partial charge in [0, 0.05) is 12.6 Å². The van der Waals surface area contributed by atoms with E-state index in [4.69, 9.17) is 0 Å². The zero-order chi connectivity index (χ0) is 12.1. The van der Waals surface area contributed by atoms with Crippen molar-refractivity contribution in [1.29, 1.82) is 0 Å². The highest BCUT2D eigenvalue weighted by Crippen LogP contribution is 2.22. The van der Waals surface area contributed by atoms with Crippen molar-refractivity contribution < 1.29 is 0 Å². The van der Waals surface area contributed by atoms with Gasteiger partial charge < -0.3 is 10.2 Å². The van der Waals surface area contributed by atoms with Gasteiger partial charge in [-0.15, -0.1) is 0 Å². The van der Waals surface area contributed by atoms with Gasteiger partial charge in [0.15, 0.2) is 0 Å². The molecule has 0 aromatic carbocycles. The maximum atomic E-state index is 3.46. The Labute approximate surface area is 107 Å². The molecule has 3 heteroatoms. The van der Waals surface area contributed by atoms with Gasteiger partial charge in [-0.05, 0) is 78.3 Å². The summed E-state index contributed by atoms with van der Waals surface area (Å²) in [7, 11) is 4.40. The number of piperidine rings is 1. The number of nitrogens with one attached hydrogen (secondary N) is 1. The smallest absolute Gasteiger partial charge is 0.0223 e. The highest BCUT2D eigenvalue weighted by Gasteiger charge is 2.25. The Kier molecular flexibility index (Phi) is 5.26. The Morgan fingerprint density at radius 1 is 1.18 bits per heavy atom. The zero-order valence-corrected chi connectivity index (χ0v) is 11.6. The third-order valence-electron chi connectivity index (χ3n) is 4.36. The molecule has 0 radical (unpaired) electrons. The monoisotopic (exact) mass is 239 g/mol. The molecule has 0 amide bonds. The first-order valence-electron chi connectivity index (χ1n) is 7.35. The topological polar surface area (TPSA) is 18.5 Å². The van der Waals surface area contributed by atoms with Crippen molar-refractivity contribution in [3.8, 4) is 0 Å². The first-order valence-corrected chi connectivity index (χ1v) is 7.35. The summed E-state index contributed by atoms with van der Waals surface area (Å²) in [6.07, 6.45) is 7.03. The van der Waals surface area contributed by atoms with Gasteiger partial charge in [0.25, 0.3) is 0 Å². The molecule has 2 fully saturated rings. The van der Waals surface area contributed by atoms with Crippen molar-refractivity contribution in [3.05, 3.63) is 0 Å². The van der Waals surface area contributed by atoms with E-state index in [-0.39, 0.29) is 0 Å². The third-order valence-corrected chi connectivity index (χ3v) is 4.36. The maximum absolute atomic E-state index is 3.46. The lowest BCUT2D eigenvalue weighted by molar-refractivity contribution is 0.189. The summed E-state index contributed by atoms with van der Waals surface area (Å²) in [5, 5.41) is 3.46. The molecule has 2 saturated heterocycles. The molecule has 0 bridgehead atoms. The molecular weight excluding hydrogens is 210 g/mol. The SMILES string of the molecule is CN(C)CC1CCCN1CCC1CCNCC1. The van der Waals surface area contributed by atoms with Crippen LogP contribution >= 0.6 is 0 Å². The van der Waals surface area contributed by atoms with Crippen LogP contribution in [0, 0.1) is 5.92 Å². The molecule has 0 aromatic rings. The lowest BCUT2D eigenvalue weighted by Crippen LogP contribution is -2.39. The van der Waals surface area contributed by atoms with Crippen LogP contribution in [0.15, 0.2) is 0 Å². The molecule has 2 heterocycles. The molecule has 0 aliphatic carbocycles. The number of nitrogens with zero attached hydrogens (tertiary/aromatic N) is 2. The summed E-state index contributed by atoms with van der Waals surface area (Å²) in [4.78, 5) is 5.08. The molecule has 0 spiro atoms. The van der Waals surface area contributed by atoms with Crippen LogP contribution in [0.4, 0.5) is 0 Å². The number of likely N-dealkylation sites (tertiary alicyclic amines) is 1. The minimum absolute atomic E-state index is 0.826. The molecule has 2 aliphatic rings. The van der Waals surface area contributed by atoms with E-state index < -0.39 is 0 Å². The summed E-state index contributed by atoms with van der Waals surface area (Å²) in [6, 6.07) is 0.826. The molecule has 0 aromatic heterocycles. The van der Waals surface area contributed by atoms with Gasteiger partial charge in [0.2, 0.25) is 0 Å². The predicted molar refractivity (Wildman–Crippen MR) is 73.4 cm³/mol. The third kappa shape index (κ3) is 4.23. The van der Waals surface area contributed by atoms with Crippen LogP contribution in [-0.2, 0) is 0 Å². The van der Waals surface area contributed by atoms with Crippen LogP contribution in [0.5, 0.6) is 0 Å². The maximum Gasteiger partial charge on any atom is 0.0223 e. The molecule has 0 saturated carbocycles. The second kappa shape index (κ2) is 6.72. The molecule has 2 rings (SSSR count). The average Bonchev–Trinajstić information content (AvgIpc) is 2.74. The van der Waals surface area contributed by atoms with Crippen molar-refractivity contribution in [3.63, 3.8) is 0 Å². The fourth-order valence-corrected chi connectivity index (χ4v) is 3.34. The molecule has 1 N–H and O–H groups in total. The van der Waals surface area contributed by atoms with E-state index >= 15 is 0 Å². The van der Waals surface area contributed by atoms with Crippen LogP contribution in [0.2, 0.25) is 0 Å². The minimum atomic E-state index is 0.826. The van der Waals surface area contributed by atoms with Crippen molar-refractivity contribution in [2.75, 3.05) is 46.8 Å². The summed E-state index contributed by atoms with van der Waals surface area (Å²) in [5.74, 6) is 0.983. The van der Waals surface area contributed by atoms with Crippen LogP contribution in [0.1, 0.15) is 32.1 Å². The number of hydrogen-bond donors (Lipinski definition) is 1. The average molecular weight is 239 g/mol. The van der Waals surface area contributed by atoms with Crippen molar-refractivity contribution in [2.45, 2.75) is 38.1 Å². The second-order valence-electron chi connectivity index (χ2n) is 6.08. The van der Waals surface area contributed by atoms with E-state index in [0.29, 0.717) is 0 Å². The number of likely N-dealkylation sites (N-methyl/N-ethyl adjacent to an activating group) is 1. The fraction of sp³-hybridized carbons (Fsp3) is 1.00. The van der Waals surface area contributed by atoms with Gasteiger partial charge in [-0.3, -0.25) is 4.90 Å². The molecule has 2 aliphatic heterocycles. The quantitative estimate of drug-likeness (QED) is 0.782. The molecule has 100 valence electrons. The lowest BCUT2D eigenvalue weighted by atomic mass is 9.94. The summed E-state index contributed by atoms with van der Waals surface area (Å²) >= 11 is 0. The standard InChI is InChI=1S/C14H29N3/c1-16(2)12-14-4-3-10-17(14)11-7-13-5-8-15-9-6-13/h13-15H,3-12H2,1-2H3. The number of hydrogen-bond acceptors (Lipinski definition) is 3. The lowest BCUT2D eigenvalue weighted by Gasteiger charge is -2.29. The van der Waals surface area contributed by atoms with E-state index in [1.807, 2.05) is 0 Å². The van der Waals surface area contributed by atoms with E-state index in [1.54, 1.807) is 0 Å². The Morgan fingerprint density at radius 2 is 1.94 bits per heavy atom. The van der Waals surface area contributed by atoms with Gasteiger partial charge in [-0.25, -0.2) is 0 Å². The minimum Gasteiger partial charge on any atom is -0.317 e. The summed E-state index contributed by atoms with van der Waals surface area (Å²) in [5.41, 5.74) is 0. The van der Waals surface area contributed by atoms with Crippen LogP contribution in [0.25, 0.3) is 0 Å². The van der Waals surface area contributed by atoms with Crippen LogP contribution in [-0.4, -0.2) is 62.7 Å². The Morgan fingerprint density at radius 3 is 2.65 bits per heavy atom. The normalized spacial score (nSPS) is 28.1. The molecule has 1 atom stereocenters. The van der Waals surface area contributed by atoms with Gasteiger partial charge in [0.05, 0.1) is 0 Å². The van der Waals surface area contributed by atoms with E-state index in [2.05, 4.69) is 29.2 Å².